The van der Waals surface area contributed by atoms with E-state index in [0.717, 1.165) is 44.0 Å². The summed E-state index contributed by atoms with van der Waals surface area (Å²) in [5, 5.41) is 7.17. The Kier molecular flexibility index (Phi) is 8.44. The van der Waals surface area contributed by atoms with Gasteiger partial charge in [-0.15, -0.1) is 0 Å². The lowest BCUT2D eigenvalue weighted by atomic mass is 10.0. The third-order valence-corrected chi connectivity index (χ3v) is 6.26. The van der Waals surface area contributed by atoms with Crippen molar-refractivity contribution >= 4 is 5.91 Å². The van der Waals surface area contributed by atoms with Gasteiger partial charge in [0, 0.05) is 51.1 Å². The van der Waals surface area contributed by atoms with Crippen molar-refractivity contribution in [2.45, 2.75) is 25.3 Å². The first-order valence-corrected chi connectivity index (χ1v) is 11.9. The highest BCUT2D eigenvalue weighted by Crippen LogP contribution is 2.20. The molecule has 9 heteroatoms. The smallest absolute Gasteiger partial charge is 0.226 e. The van der Waals surface area contributed by atoms with Gasteiger partial charge in [-0.25, -0.2) is 4.39 Å². The van der Waals surface area contributed by atoms with Crippen LogP contribution in [0.4, 0.5) is 4.39 Å². The van der Waals surface area contributed by atoms with E-state index in [0.29, 0.717) is 36.5 Å². The normalized spacial score (nSPS) is 15.6. The molecule has 1 saturated heterocycles. The third kappa shape index (κ3) is 7.10. The van der Waals surface area contributed by atoms with Crippen LogP contribution in [-0.2, 0) is 11.2 Å². The van der Waals surface area contributed by atoms with E-state index in [4.69, 9.17) is 9.26 Å². The molecule has 3 aromatic rings. The number of carbonyl (C=O) groups excluding carboxylic acids is 1. The quantitative estimate of drug-likeness (QED) is 0.476. The van der Waals surface area contributed by atoms with E-state index in [2.05, 4.69) is 32.3 Å². The first-order chi connectivity index (χ1) is 17.0. The van der Waals surface area contributed by atoms with Gasteiger partial charge in [0.05, 0.1) is 13.2 Å². The van der Waals surface area contributed by atoms with E-state index in [-0.39, 0.29) is 17.8 Å². The fourth-order valence-corrected chi connectivity index (χ4v) is 4.10. The van der Waals surface area contributed by atoms with Gasteiger partial charge in [0.2, 0.25) is 17.6 Å². The Labute approximate surface area is 205 Å². The van der Waals surface area contributed by atoms with Gasteiger partial charge in [-0.1, -0.05) is 17.3 Å². The molecule has 1 aromatic heterocycles. The number of hydrogen-bond donors (Lipinski definition) is 1. The number of ether oxygens (including phenoxy) is 1. The maximum Gasteiger partial charge on any atom is 0.226 e. The predicted molar refractivity (Wildman–Crippen MR) is 130 cm³/mol. The fourth-order valence-electron chi connectivity index (χ4n) is 4.10. The average molecular weight is 482 g/mol. The molecule has 1 fully saturated rings. The first kappa shape index (κ1) is 24.8. The average Bonchev–Trinajstić information content (AvgIpc) is 3.34. The highest BCUT2D eigenvalue weighted by Gasteiger charge is 2.21. The van der Waals surface area contributed by atoms with Crippen molar-refractivity contribution in [2.75, 3.05) is 46.9 Å². The molecule has 0 aliphatic carbocycles. The van der Waals surface area contributed by atoms with Crippen LogP contribution in [0.2, 0.25) is 0 Å². The number of carbonyl (C=O) groups is 1. The van der Waals surface area contributed by atoms with Crippen molar-refractivity contribution in [1.29, 1.82) is 0 Å². The molecular formula is C26H32FN5O3. The van der Waals surface area contributed by atoms with Gasteiger partial charge < -0.3 is 19.5 Å². The van der Waals surface area contributed by atoms with Gasteiger partial charge in [-0.05, 0) is 55.4 Å². The fraction of sp³-hybridized carbons (Fsp3) is 0.423. The van der Waals surface area contributed by atoms with Crippen LogP contribution >= 0.6 is 0 Å². The number of halogens is 1. The van der Waals surface area contributed by atoms with Gasteiger partial charge in [-0.3, -0.25) is 9.69 Å². The molecule has 1 amide bonds. The van der Waals surface area contributed by atoms with Crippen LogP contribution in [0.15, 0.2) is 53.1 Å². The minimum atomic E-state index is -0.316. The number of nitrogens with one attached hydrogen (secondary N) is 1. The van der Waals surface area contributed by atoms with E-state index in [1.807, 2.05) is 24.3 Å². The van der Waals surface area contributed by atoms with Crippen LogP contribution in [0.1, 0.15) is 30.3 Å². The molecule has 2 heterocycles. The van der Waals surface area contributed by atoms with Crippen molar-refractivity contribution < 1.29 is 18.4 Å². The third-order valence-electron chi connectivity index (χ3n) is 6.26. The monoisotopic (exact) mass is 481 g/mol. The number of nitrogens with zero attached hydrogens (tertiary/aromatic N) is 4. The van der Waals surface area contributed by atoms with Crippen molar-refractivity contribution in [3.05, 3.63) is 65.8 Å². The Morgan fingerprint density at radius 1 is 1.11 bits per heavy atom. The Morgan fingerprint density at radius 3 is 2.51 bits per heavy atom. The summed E-state index contributed by atoms with van der Waals surface area (Å²) in [4.78, 5) is 21.9. The topological polar surface area (TPSA) is 83.7 Å². The van der Waals surface area contributed by atoms with Crippen molar-refractivity contribution in [3.63, 3.8) is 0 Å². The summed E-state index contributed by atoms with van der Waals surface area (Å²) in [6, 6.07) is 13.7. The number of amides is 1. The highest BCUT2D eigenvalue weighted by atomic mass is 19.1. The second-order valence-corrected chi connectivity index (χ2v) is 8.87. The van der Waals surface area contributed by atoms with Crippen molar-refractivity contribution in [3.8, 4) is 17.1 Å². The summed E-state index contributed by atoms with van der Waals surface area (Å²) in [6.45, 7) is 4.76. The molecule has 0 spiro atoms. The molecule has 0 bridgehead atoms. The minimum Gasteiger partial charge on any atom is -0.497 e. The number of likely N-dealkylation sites (N-methyl/N-ethyl adjacent to an activating group) is 1. The summed E-state index contributed by atoms with van der Waals surface area (Å²) >= 11 is 0. The number of benzene rings is 2. The van der Waals surface area contributed by atoms with Gasteiger partial charge in [0.15, 0.2) is 0 Å². The Balaban J connectivity index is 1.31. The van der Waals surface area contributed by atoms with Crippen LogP contribution in [0.5, 0.6) is 5.75 Å². The summed E-state index contributed by atoms with van der Waals surface area (Å²) < 4.78 is 23.7. The molecule has 0 saturated carbocycles. The van der Waals surface area contributed by atoms with Crippen LogP contribution in [-0.4, -0.2) is 72.7 Å². The second kappa shape index (κ2) is 11.9. The molecule has 0 unspecified atom stereocenters. The summed E-state index contributed by atoms with van der Waals surface area (Å²) in [6.07, 6.45) is 1.43. The van der Waals surface area contributed by atoms with E-state index >= 15 is 0 Å². The molecule has 1 N–H and O–H groups in total. The molecular weight excluding hydrogens is 449 g/mol. The Morgan fingerprint density at radius 2 is 1.83 bits per heavy atom. The number of rotatable bonds is 10. The Hall–Kier alpha value is -3.30. The molecule has 1 atom stereocenters. The van der Waals surface area contributed by atoms with Gasteiger partial charge >= 0.3 is 0 Å². The maximum absolute atomic E-state index is 13.1. The SMILES string of the molecule is COc1ccc([C@H](CN2CCN(C)CC2)NC(=O)CCCc2nc(-c3ccc(F)cc3)no2)cc1. The van der Waals surface area contributed by atoms with Crippen LogP contribution < -0.4 is 10.1 Å². The van der Waals surface area contributed by atoms with Gasteiger partial charge in [0.1, 0.15) is 11.6 Å². The molecule has 1 aliphatic heterocycles. The summed E-state index contributed by atoms with van der Waals surface area (Å²) in [5.41, 5.74) is 1.74. The van der Waals surface area contributed by atoms with Crippen LogP contribution in [0.25, 0.3) is 11.4 Å². The molecule has 4 rings (SSSR count). The van der Waals surface area contributed by atoms with Crippen molar-refractivity contribution in [1.82, 2.24) is 25.3 Å². The highest BCUT2D eigenvalue weighted by molar-refractivity contribution is 5.76. The number of aryl methyl sites for hydroxylation is 1. The standard InChI is InChI=1S/C26H32FN5O3/c1-31-14-16-32(17-15-31)18-23(19-8-12-22(34-2)13-9-19)28-24(33)4-3-5-25-29-26(30-35-25)20-6-10-21(27)11-7-20/h6-13,23H,3-5,14-18H2,1-2H3,(H,28,33)/t23-/m0/s1. The molecule has 8 nitrogen and oxygen atoms in total. The molecule has 35 heavy (non-hydrogen) atoms. The molecule has 2 aromatic carbocycles. The Bertz CT molecular complexity index is 1080. The first-order valence-electron chi connectivity index (χ1n) is 11.9. The minimum absolute atomic E-state index is 0.0155. The van der Waals surface area contributed by atoms with E-state index in [9.17, 15) is 9.18 Å². The van der Waals surface area contributed by atoms with Gasteiger partial charge in [0.25, 0.3) is 0 Å². The molecule has 0 radical (unpaired) electrons. The summed E-state index contributed by atoms with van der Waals surface area (Å²) in [7, 11) is 3.77. The lowest BCUT2D eigenvalue weighted by Gasteiger charge is -2.35. The maximum atomic E-state index is 13.1. The number of aromatic nitrogens is 2. The van der Waals surface area contributed by atoms with E-state index in [1.165, 1.54) is 12.1 Å². The molecule has 1 aliphatic rings. The number of hydrogen-bond acceptors (Lipinski definition) is 7. The molecule has 186 valence electrons. The van der Waals surface area contributed by atoms with Crippen LogP contribution in [0, 0.1) is 5.82 Å². The largest absolute Gasteiger partial charge is 0.497 e. The van der Waals surface area contributed by atoms with Crippen molar-refractivity contribution in [2.24, 2.45) is 0 Å². The number of piperazine rings is 1. The zero-order valence-electron chi connectivity index (χ0n) is 20.2. The predicted octanol–water partition coefficient (Wildman–Crippen LogP) is 3.31. The second-order valence-electron chi connectivity index (χ2n) is 8.87. The zero-order valence-corrected chi connectivity index (χ0v) is 20.2. The van der Waals surface area contributed by atoms with Crippen LogP contribution in [0.3, 0.4) is 0 Å². The lowest BCUT2D eigenvalue weighted by Crippen LogP contribution is -2.47. The zero-order chi connectivity index (χ0) is 24.6. The van der Waals surface area contributed by atoms with Gasteiger partial charge in [-0.2, -0.15) is 4.98 Å². The lowest BCUT2D eigenvalue weighted by molar-refractivity contribution is -0.122. The number of methoxy groups -OCH3 is 1. The summed E-state index contributed by atoms with van der Waals surface area (Å²) in [5.74, 6) is 1.33. The van der Waals surface area contributed by atoms with E-state index in [1.54, 1.807) is 19.2 Å². The van der Waals surface area contributed by atoms with E-state index < -0.39 is 0 Å².